The Balaban J connectivity index is 1.87. The summed E-state index contributed by atoms with van der Waals surface area (Å²) in [5.74, 6) is 0.0202. The number of rotatable bonds is 6. The van der Waals surface area contributed by atoms with Crippen LogP contribution in [0.2, 0.25) is 0 Å². The Hall–Kier alpha value is -2.01. The first kappa shape index (κ1) is 16.4. The zero-order valence-electron chi connectivity index (χ0n) is 13.1. The van der Waals surface area contributed by atoms with E-state index in [9.17, 15) is 9.59 Å². The summed E-state index contributed by atoms with van der Waals surface area (Å²) >= 11 is 1.62. The lowest BCUT2D eigenvalue weighted by Gasteiger charge is -2.16. The molecule has 0 aliphatic rings. The second-order valence-electron chi connectivity index (χ2n) is 5.36. The molecule has 22 heavy (non-hydrogen) atoms. The van der Waals surface area contributed by atoms with E-state index < -0.39 is 0 Å². The van der Waals surface area contributed by atoms with Gasteiger partial charge in [-0.1, -0.05) is 6.07 Å². The average Bonchev–Trinajstić information content (AvgIpc) is 2.84. The highest BCUT2D eigenvalue weighted by Gasteiger charge is 2.15. The molecule has 1 amide bonds. The van der Waals surface area contributed by atoms with Crippen LogP contribution in [0.25, 0.3) is 0 Å². The van der Waals surface area contributed by atoms with Crippen LogP contribution < -0.4 is 0 Å². The molecule has 0 atom stereocenters. The lowest BCUT2D eigenvalue weighted by molar-refractivity contribution is -0.130. The molecule has 116 valence electrons. The Bertz CT molecular complexity index is 665. The van der Waals surface area contributed by atoms with E-state index in [-0.39, 0.29) is 24.5 Å². The summed E-state index contributed by atoms with van der Waals surface area (Å²) in [5, 5.41) is 0. The highest BCUT2D eigenvalue weighted by molar-refractivity contribution is 7.12. The molecule has 0 bridgehead atoms. The molecule has 2 aromatic rings. The van der Waals surface area contributed by atoms with E-state index in [1.165, 1.54) is 0 Å². The van der Waals surface area contributed by atoms with Gasteiger partial charge in [0.15, 0.2) is 5.78 Å². The fraction of sp³-hybridized carbons (Fsp3) is 0.353. The molecule has 2 rings (SSSR count). The highest BCUT2D eigenvalue weighted by atomic mass is 32.1. The minimum Gasteiger partial charge on any atom is -0.341 e. The molecule has 0 radical (unpaired) electrons. The fourth-order valence-electron chi connectivity index (χ4n) is 2.31. The van der Waals surface area contributed by atoms with Crippen molar-refractivity contribution in [2.24, 2.45) is 0 Å². The normalized spacial score (nSPS) is 10.5. The van der Waals surface area contributed by atoms with Gasteiger partial charge in [0.2, 0.25) is 5.91 Å². The number of aromatic nitrogens is 1. The van der Waals surface area contributed by atoms with Crippen molar-refractivity contribution in [3.8, 4) is 0 Å². The highest BCUT2D eigenvalue weighted by Crippen LogP contribution is 2.22. The molecule has 0 saturated heterocycles. The summed E-state index contributed by atoms with van der Waals surface area (Å²) < 4.78 is 0. The summed E-state index contributed by atoms with van der Waals surface area (Å²) in [4.78, 5) is 32.1. The van der Waals surface area contributed by atoms with E-state index in [1.807, 2.05) is 32.0 Å². The van der Waals surface area contributed by atoms with Gasteiger partial charge in [-0.05, 0) is 31.5 Å². The molecule has 0 spiro atoms. The SMILES string of the molecule is Cc1cc(C(=O)CCC(=O)N(C)Cc2cccnc2)c(C)s1. The molecule has 0 fully saturated rings. The molecular weight excluding hydrogens is 296 g/mol. The van der Waals surface area contributed by atoms with Gasteiger partial charge in [0.1, 0.15) is 0 Å². The van der Waals surface area contributed by atoms with E-state index in [0.29, 0.717) is 6.54 Å². The van der Waals surface area contributed by atoms with E-state index in [1.54, 1.807) is 35.7 Å². The first-order chi connectivity index (χ1) is 10.5. The van der Waals surface area contributed by atoms with E-state index >= 15 is 0 Å². The quantitative estimate of drug-likeness (QED) is 0.768. The van der Waals surface area contributed by atoms with Gasteiger partial charge in [0.05, 0.1) is 0 Å². The number of pyridine rings is 1. The predicted molar refractivity (Wildman–Crippen MR) is 88.1 cm³/mol. The monoisotopic (exact) mass is 316 g/mol. The maximum Gasteiger partial charge on any atom is 0.223 e. The van der Waals surface area contributed by atoms with Crippen molar-refractivity contribution in [2.45, 2.75) is 33.2 Å². The van der Waals surface area contributed by atoms with E-state index in [2.05, 4.69) is 4.98 Å². The molecule has 0 aromatic carbocycles. The zero-order chi connectivity index (χ0) is 16.1. The van der Waals surface area contributed by atoms with Gasteiger partial charge in [0, 0.05) is 54.1 Å². The maximum atomic E-state index is 12.2. The molecule has 0 unspecified atom stereocenters. The van der Waals surface area contributed by atoms with E-state index in [4.69, 9.17) is 0 Å². The third-order valence-corrected chi connectivity index (χ3v) is 4.44. The fourth-order valence-corrected chi connectivity index (χ4v) is 3.25. The molecule has 0 saturated carbocycles. The smallest absolute Gasteiger partial charge is 0.223 e. The van der Waals surface area contributed by atoms with E-state index in [0.717, 1.165) is 20.9 Å². The Morgan fingerprint density at radius 1 is 1.27 bits per heavy atom. The summed E-state index contributed by atoms with van der Waals surface area (Å²) in [6.45, 7) is 4.44. The van der Waals surface area contributed by atoms with Gasteiger partial charge in [-0.3, -0.25) is 14.6 Å². The number of amides is 1. The van der Waals surface area contributed by atoms with Crippen molar-refractivity contribution in [1.29, 1.82) is 0 Å². The first-order valence-corrected chi connectivity index (χ1v) is 8.02. The third-order valence-electron chi connectivity index (χ3n) is 3.48. The molecular formula is C17H20N2O2S. The lowest BCUT2D eigenvalue weighted by Crippen LogP contribution is -2.26. The van der Waals surface area contributed by atoms with Crippen molar-refractivity contribution in [3.05, 3.63) is 51.5 Å². The van der Waals surface area contributed by atoms with Gasteiger partial charge in [-0.15, -0.1) is 11.3 Å². The van der Waals surface area contributed by atoms with Crippen LogP contribution in [-0.4, -0.2) is 28.6 Å². The Labute approximate surface area is 134 Å². The minimum atomic E-state index is -0.0261. The zero-order valence-corrected chi connectivity index (χ0v) is 13.9. The summed E-state index contributed by atoms with van der Waals surface area (Å²) in [5.41, 5.74) is 1.74. The van der Waals surface area contributed by atoms with Crippen molar-refractivity contribution < 1.29 is 9.59 Å². The van der Waals surface area contributed by atoms with Crippen LogP contribution >= 0.6 is 11.3 Å². The van der Waals surface area contributed by atoms with Crippen molar-refractivity contribution in [3.63, 3.8) is 0 Å². The van der Waals surface area contributed by atoms with Gasteiger partial charge < -0.3 is 4.90 Å². The van der Waals surface area contributed by atoms with Gasteiger partial charge in [0.25, 0.3) is 0 Å². The number of thiophene rings is 1. The Kier molecular flexibility index (Phi) is 5.44. The molecule has 2 heterocycles. The third kappa shape index (κ3) is 4.24. The van der Waals surface area contributed by atoms with Crippen LogP contribution in [0.15, 0.2) is 30.6 Å². The number of carbonyl (C=O) groups excluding carboxylic acids is 2. The topological polar surface area (TPSA) is 50.3 Å². The second kappa shape index (κ2) is 7.31. The van der Waals surface area contributed by atoms with Crippen LogP contribution in [0.4, 0.5) is 0 Å². The van der Waals surface area contributed by atoms with Gasteiger partial charge in [-0.2, -0.15) is 0 Å². The molecule has 0 N–H and O–H groups in total. The second-order valence-corrected chi connectivity index (χ2v) is 6.82. The van der Waals surface area contributed by atoms with Crippen LogP contribution in [0.1, 0.15) is 38.5 Å². The molecule has 0 aliphatic carbocycles. The predicted octanol–water partition coefficient (Wildman–Crippen LogP) is 3.38. The van der Waals surface area contributed by atoms with Crippen LogP contribution in [0.3, 0.4) is 0 Å². The summed E-state index contributed by atoms with van der Waals surface area (Å²) in [7, 11) is 1.75. The maximum absolute atomic E-state index is 12.2. The average molecular weight is 316 g/mol. The number of hydrogen-bond acceptors (Lipinski definition) is 4. The molecule has 0 aliphatic heterocycles. The minimum absolute atomic E-state index is 0.0261. The Morgan fingerprint density at radius 2 is 2.05 bits per heavy atom. The molecule has 2 aromatic heterocycles. The van der Waals surface area contributed by atoms with Crippen molar-refractivity contribution in [2.75, 3.05) is 7.05 Å². The van der Waals surface area contributed by atoms with Gasteiger partial charge in [-0.25, -0.2) is 0 Å². The summed E-state index contributed by atoms with van der Waals surface area (Å²) in [6.07, 6.45) is 3.94. The van der Waals surface area contributed by atoms with Crippen molar-refractivity contribution in [1.82, 2.24) is 9.88 Å². The molecule has 5 heteroatoms. The number of hydrogen-bond donors (Lipinski definition) is 0. The lowest BCUT2D eigenvalue weighted by atomic mass is 10.1. The van der Waals surface area contributed by atoms with Crippen LogP contribution in [-0.2, 0) is 11.3 Å². The van der Waals surface area contributed by atoms with Gasteiger partial charge >= 0.3 is 0 Å². The number of Topliss-reactive ketones (excluding diaryl/α,β-unsaturated/α-hetero) is 1. The first-order valence-electron chi connectivity index (χ1n) is 7.20. The summed E-state index contributed by atoms with van der Waals surface area (Å²) in [6, 6.07) is 5.68. The number of carbonyl (C=O) groups is 2. The Morgan fingerprint density at radius 3 is 2.64 bits per heavy atom. The van der Waals surface area contributed by atoms with Crippen molar-refractivity contribution >= 4 is 23.0 Å². The largest absolute Gasteiger partial charge is 0.341 e. The van der Waals surface area contributed by atoms with Crippen LogP contribution in [0.5, 0.6) is 0 Å². The standard InChI is InChI=1S/C17H20N2O2S/c1-12-9-15(13(2)22-12)16(20)6-7-17(21)19(3)11-14-5-4-8-18-10-14/h4-5,8-10H,6-7,11H2,1-3H3. The molecule has 4 nitrogen and oxygen atoms in total. The number of nitrogens with zero attached hydrogens (tertiary/aromatic N) is 2. The number of aryl methyl sites for hydroxylation is 2. The van der Waals surface area contributed by atoms with Crippen LogP contribution in [0, 0.1) is 13.8 Å². The number of ketones is 1.